The largest absolute Gasteiger partial charge is 0.373 e. The van der Waals surface area contributed by atoms with E-state index in [4.69, 9.17) is 9.97 Å². The highest BCUT2D eigenvalue weighted by Gasteiger charge is 2.34. The van der Waals surface area contributed by atoms with Crippen LogP contribution < -0.4 is 5.32 Å². The number of hydrogen-bond acceptors (Lipinski definition) is 5. The third kappa shape index (κ3) is 3.59. The Morgan fingerprint density at radius 1 is 1.22 bits per heavy atom. The lowest BCUT2D eigenvalue weighted by Crippen LogP contribution is -2.37. The van der Waals surface area contributed by atoms with Crippen molar-refractivity contribution >= 4 is 28.5 Å². The molecular weight excluding hydrogens is 404 g/mol. The zero-order valence-electron chi connectivity index (χ0n) is 18.5. The van der Waals surface area contributed by atoms with Gasteiger partial charge in [-0.15, -0.1) is 0 Å². The molecule has 2 aliphatic rings. The lowest BCUT2D eigenvalue weighted by Gasteiger charge is -2.30. The highest BCUT2D eigenvalue weighted by Crippen LogP contribution is 2.34. The van der Waals surface area contributed by atoms with Gasteiger partial charge < -0.3 is 20.1 Å². The van der Waals surface area contributed by atoms with Crippen LogP contribution in [-0.2, 0) is 29.0 Å². The van der Waals surface area contributed by atoms with Gasteiger partial charge in [0.2, 0.25) is 11.8 Å². The van der Waals surface area contributed by atoms with Gasteiger partial charge in [-0.25, -0.2) is 9.97 Å². The minimum atomic E-state index is -0.141. The number of H-pyrrole nitrogens is 1. The van der Waals surface area contributed by atoms with E-state index in [0.29, 0.717) is 31.9 Å². The number of para-hydroxylation sites is 1. The molecule has 2 N–H and O–H groups in total. The predicted molar refractivity (Wildman–Crippen MR) is 122 cm³/mol. The van der Waals surface area contributed by atoms with Crippen LogP contribution in [0.1, 0.15) is 48.5 Å². The molecule has 0 saturated carbocycles. The van der Waals surface area contributed by atoms with Gasteiger partial charge in [-0.05, 0) is 30.9 Å². The van der Waals surface area contributed by atoms with E-state index in [1.807, 2.05) is 47.3 Å². The molecule has 32 heavy (non-hydrogen) atoms. The zero-order chi connectivity index (χ0) is 22.2. The number of anilines is 1. The number of aromatic amines is 1. The van der Waals surface area contributed by atoms with Gasteiger partial charge in [0.15, 0.2) is 5.82 Å². The average molecular weight is 433 g/mol. The molecule has 5 rings (SSSR count). The first kappa shape index (κ1) is 20.5. The first-order valence-electron chi connectivity index (χ1n) is 11.2. The minimum Gasteiger partial charge on any atom is -0.373 e. The normalized spacial score (nSPS) is 18.1. The van der Waals surface area contributed by atoms with Crippen molar-refractivity contribution in [3.63, 3.8) is 0 Å². The molecule has 0 spiro atoms. The van der Waals surface area contributed by atoms with Gasteiger partial charge >= 0.3 is 0 Å². The van der Waals surface area contributed by atoms with Crippen LogP contribution in [-0.4, -0.2) is 56.7 Å². The molecule has 166 valence electrons. The summed E-state index contributed by atoms with van der Waals surface area (Å²) in [5, 5.41) is 4.29. The third-order valence-electron chi connectivity index (χ3n) is 6.65. The zero-order valence-corrected chi connectivity index (χ0v) is 18.5. The summed E-state index contributed by atoms with van der Waals surface area (Å²) in [6.45, 7) is 3.47. The van der Waals surface area contributed by atoms with Crippen LogP contribution in [0.3, 0.4) is 0 Å². The number of nitrogens with zero attached hydrogens (tertiary/aromatic N) is 4. The molecule has 1 atom stereocenters. The molecule has 0 aliphatic carbocycles. The van der Waals surface area contributed by atoms with Crippen LogP contribution in [0.15, 0.2) is 30.5 Å². The van der Waals surface area contributed by atoms with Crippen molar-refractivity contribution < 1.29 is 9.59 Å². The number of fused-ring (bicyclic) bond motifs is 2. The van der Waals surface area contributed by atoms with Gasteiger partial charge in [-0.3, -0.25) is 9.59 Å². The first-order valence-corrected chi connectivity index (χ1v) is 11.2. The fourth-order valence-electron chi connectivity index (χ4n) is 4.95. The molecule has 8 heteroatoms. The van der Waals surface area contributed by atoms with E-state index in [0.717, 1.165) is 52.8 Å². The second-order valence-corrected chi connectivity index (χ2v) is 8.58. The highest BCUT2D eigenvalue weighted by atomic mass is 16.2. The summed E-state index contributed by atoms with van der Waals surface area (Å²) >= 11 is 0. The number of hydrogen-bond donors (Lipinski definition) is 2. The fourth-order valence-corrected chi connectivity index (χ4v) is 4.95. The quantitative estimate of drug-likeness (QED) is 0.661. The Bertz CT molecular complexity index is 1190. The summed E-state index contributed by atoms with van der Waals surface area (Å²) < 4.78 is 0. The maximum absolute atomic E-state index is 13.3. The van der Waals surface area contributed by atoms with Crippen LogP contribution in [0.4, 0.5) is 5.82 Å². The number of rotatable bonds is 4. The standard InChI is InChI=1S/C24H28N6O2/c1-15(31)29-11-9-18-20(14-29)27-24(28-23(18)25-2)21-8-5-10-30(21)22(32)12-16-13-26-19-7-4-3-6-17(16)19/h3-4,6-7,13,21,26H,5,8-12,14H2,1-2H3,(H,25,27,28)/t21-/m1/s1. The monoisotopic (exact) mass is 432 g/mol. The van der Waals surface area contributed by atoms with Crippen LogP contribution in [0, 0.1) is 0 Å². The van der Waals surface area contributed by atoms with E-state index in [-0.39, 0.29) is 17.9 Å². The maximum atomic E-state index is 13.3. The molecule has 0 unspecified atom stereocenters. The molecule has 8 nitrogen and oxygen atoms in total. The number of carbonyl (C=O) groups is 2. The van der Waals surface area contributed by atoms with Crippen LogP contribution >= 0.6 is 0 Å². The van der Waals surface area contributed by atoms with Gasteiger partial charge in [0, 0.05) is 49.7 Å². The van der Waals surface area contributed by atoms with Crippen molar-refractivity contribution in [1.29, 1.82) is 0 Å². The molecule has 3 aromatic rings. The number of carbonyl (C=O) groups excluding carboxylic acids is 2. The highest BCUT2D eigenvalue weighted by molar-refractivity contribution is 5.89. The van der Waals surface area contributed by atoms with E-state index < -0.39 is 0 Å². The minimum absolute atomic E-state index is 0.0539. The first-order chi connectivity index (χ1) is 15.5. The molecule has 4 heterocycles. The molecule has 0 bridgehead atoms. The van der Waals surface area contributed by atoms with Crippen molar-refractivity contribution in [2.75, 3.05) is 25.5 Å². The number of likely N-dealkylation sites (tertiary alicyclic amines) is 1. The van der Waals surface area contributed by atoms with Crippen LogP contribution in [0.25, 0.3) is 10.9 Å². The van der Waals surface area contributed by atoms with Crippen LogP contribution in [0.5, 0.6) is 0 Å². The number of nitrogens with one attached hydrogen (secondary N) is 2. The van der Waals surface area contributed by atoms with Crippen molar-refractivity contribution in [3.05, 3.63) is 53.1 Å². The Morgan fingerprint density at radius 2 is 2.06 bits per heavy atom. The Kier molecular flexibility index (Phi) is 5.28. The van der Waals surface area contributed by atoms with Crippen LogP contribution in [0.2, 0.25) is 0 Å². The molecule has 2 aliphatic heterocycles. The summed E-state index contributed by atoms with van der Waals surface area (Å²) in [5.74, 6) is 1.63. The smallest absolute Gasteiger partial charge is 0.227 e. The summed E-state index contributed by atoms with van der Waals surface area (Å²) in [7, 11) is 1.86. The third-order valence-corrected chi connectivity index (χ3v) is 6.65. The second-order valence-electron chi connectivity index (χ2n) is 8.58. The van der Waals surface area contributed by atoms with Gasteiger partial charge in [0.05, 0.1) is 24.7 Å². The molecule has 2 amide bonds. The SMILES string of the molecule is CNc1nc([C@H]2CCCN2C(=O)Cc2c[nH]c3ccccc23)nc2c1CCN(C(C)=O)C2. The predicted octanol–water partition coefficient (Wildman–Crippen LogP) is 2.81. The Morgan fingerprint density at radius 3 is 2.88 bits per heavy atom. The summed E-state index contributed by atoms with van der Waals surface area (Å²) in [5.41, 5.74) is 4.01. The van der Waals surface area contributed by atoms with Gasteiger partial charge in [-0.1, -0.05) is 18.2 Å². The summed E-state index contributed by atoms with van der Waals surface area (Å²) in [4.78, 5) is 41.9. The molecular formula is C24H28N6O2. The summed E-state index contributed by atoms with van der Waals surface area (Å²) in [6, 6.07) is 7.90. The van der Waals surface area contributed by atoms with Crippen molar-refractivity contribution in [2.45, 2.75) is 45.2 Å². The Balaban J connectivity index is 1.42. The second kappa shape index (κ2) is 8.26. The molecule has 2 aromatic heterocycles. The topological polar surface area (TPSA) is 94.2 Å². The number of aromatic nitrogens is 3. The van der Waals surface area contributed by atoms with Crippen molar-refractivity contribution in [3.8, 4) is 0 Å². The van der Waals surface area contributed by atoms with Gasteiger partial charge in [0.25, 0.3) is 0 Å². The fraction of sp³-hybridized carbons (Fsp3) is 0.417. The Labute approximate surface area is 187 Å². The van der Waals surface area contributed by atoms with Gasteiger partial charge in [-0.2, -0.15) is 0 Å². The van der Waals surface area contributed by atoms with Crippen molar-refractivity contribution in [2.24, 2.45) is 0 Å². The summed E-state index contributed by atoms with van der Waals surface area (Å²) in [6.07, 6.45) is 4.79. The average Bonchev–Trinajstić information content (AvgIpc) is 3.45. The molecule has 1 aromatic carbocycles. The van der Waals surface area contributed by atoms with Crippen molar-refractivity contribution in [1.82, 2.24) is 24.8 Å². The maximum Gasteiger partial charge on any atom is 0.227 e. The Hall–Kier alpha value is -3.42. The van der Waals surface area contributed by atoms with Gasteiger partial charge in [0.1, 0.15) is 5.82 Å². The van der Waals surface area contributed by atoms with E-state index in [9.17, 15) is 9.59 Å². The van der Waals surface area contributed by atoms with E-state index in [1.165, 1.54) is 0 Å². The lowest BCUT2D eigenvalue weighted by molar-refractivity contribution is -0.131. The lowest BCUT2D eigenvalue weighted by atomic mass is 10.0. The molecule has 1 saturated heterocycles. The van der Waals surface area contributed by atoms with E-state index >= 15 is 0 Å². The van der Waals surface area contributed by atoms with E-state index in [1.54, 1.807) is 6.92 Å². The number of benzene rings is 1. The number of amides is 2. The molecule has 0 radical (unpaired) electrons. The molecule has 1 fully saturated rings. The van der Waals surface area contributed by atoms with E-state index in [2.05, 4.69) is 10.3 Å².